The van der Waals surface area contributed by atoms with Crippen molar-refractivity contribution in [3.63, 3.8) is 0 Å². The summed E-state index contributed by atoms with van der Waals surface area (Å²) in [5, 5.41) is 7.88. The van der Waals surface area contributed by atoms with E-state index in [1.165, 1.54) is 12.1 Å². The molecule has 2 aromatic heterocycles. The molecule has 0 aliphatic carbocycles. The minimum Gasteiger partial charge on any atom is -0.368 e. The molecule has 1 aliphatic heterocycles. The van der Waals surface area contributed by atoms with Crippen LogP contribution in [0.5, 0.6) is 0 Å². The lowest BCUT2D eigenvalue weighted by Crippen LogP contribution is -2.48. The maximum Gasteiger partial charge on any atom is 0.227 e. The minimum atomic E-state index is -0.240. The Kier molecular flexibility index (Phi) is 5.15. The number of aromatic nitrogens is 2. The van der Waals surface area contributed by atoms with E-state index in [1.54, 1.807) is 23.5 Å². The Morgan fingerprint density at radius 1 is 1.15 bits per heavy atom. The van der Waals surface area contributed by atoms with Crippen LogP contribution in [0.2, 0.25) is 0 Å². The molecule has 0 unspecified atom stereocenters. The molecule has 1 aliphatic rings. The van der Waals surface area contributed by atoms with Crippen LogP contribution < -0.4 is 4.90 Å². The highest BCUT2D eigenvalue weighted by atomic mass is 32.1. The predicted octanol–water partition coefficient (Wildman–Crippen LogP) is 3.22. The summed E-state index contributed by atoms with van der Waals surface area (Å²) in [5.41, 5.74) is 1.91. The fourth-order valence-electron chi connectivity index (χ4n) is 3.10. The molecule has 3 heterocycles. The fraction of sp³-hybridized carbons (Fsp3) is 0.316. The summed E-state index contributed by atoms with van der Waals surface area (Å²) >= 11 is 1.57. The number of halogens is 1. The van der Waals surface area contributed by atoms with Crippen LogP contribution in [0.1, 0.15) is 12.3 Å². The lowest BCUT2D eigenvalue weighted by Gasteiger charge is -2.36. The van der Waals surface area contributed by atoms with Gasteiger partial charge in [0.05, 0.1) is 0 Å². The fourth-order valence-corrected chi connectivity index (χ4v) is 3.74. The molecule has 0 N–H and O–H groups in total. The van der Waals surface area contributed by atoms with Crippen LogP contribution in [0.4, 0.5) is 10.1 Å². The summed E-state index contributed by atoms with van der Waals surface area (Å²) < 4.78 is 18.3. The van der Waals surface area contributed by atoms with E-state index >= 15 is 0 Å². The Morgan fingerprint density at radius 3 is 2.63 bits per heavy atom. The maximum absolute atomic E-state index is 13.0. The number of thiophene rings is 1. The van der Waals surface area contributed by atoms with E-state index in [-0.39, 0.29) is 11.7 Å². The number of rotatable bonds is 5. The number of carbonyl (C=O) groups is 1. The van der Waals surface area contributed by atoms with E-state index in [0.29, 0.717) is 37.6 Å². The number of anilines is 1. The second-order valence-electron chi connectivity index (χ2n) is 6.37. The van der Waals surface area contributed by atoms with Crippen molar-refractivity contribution in [2.24, 2.45) is 0 Å². The van der Waals surface area contributed by atoms with Gasteiger partial charge in [0.2, 0.25) is 17.6 Å². The zero-order chi connectivity index (χ0) is 18.6. The van der Waals surface area contributed by atoms with Crippen LogP contribution in [-0.2, 0) is 11.2 Å². The van der Waals surface area contributed by atoms with Gasteiger partial charge in [0, 0.05) is 55.7 Å². The van der Waals surface area contributed by atoms with E-state index in [4.69, 9.17) is 4.52 Å². The summed E-state index contributed by atoms with van der Waals surface area (Å²) in [6.07, 6.45) is 0.788. The maximum atomic E-state index is 13.0. The molecule has 1 amide bonds. The molecular formula is C19H19FN4O2S. The first-order chi connectivity index (χ1) is 13.2. The molecule has 1 aromatic carbocycles. The van der Waals surface area contributed by atoms with Gasteiger partial charge in [0.25, 0.3) is 0 Å². The van der Waals surface area contributed by atoms with Crippen LogP contribution in [0, 0.1) is 5.82 Å². The molecule has 1 fully saturated rings. The van der Waals surface area contributed by atoms with Crippen molar-refractivity contribution in [1.82, 2.24) is 15.0 Å². The summed E-state index contributed by atoms with van der Waals surface area (Å²) in [5.74, 6) is 0.890. The van der Waals surface area contributed by atoms with E-state index in [1.807, 2.05) is 21.7 Å². The molecule has 0 radical (unpaired) electrons. The lowest BCUT2D eigenvalue weighted by molar-refractivity contribution is -0.131. The molecule has 0 saturated carbocycles. The van der Waals surface area contributed by atoms with Gasteiger partial charge in [-0.1, -0.05) is 5.16 Å². The first-order valence-corrected chi connectivity index (χ1v) is 9.77. The molecule has 3 aromatic rings. The average molecular weight is 386 g/mol. The molecular weight excluding hydrogens is 367 g/mol. The van der Waals surface area contributed by atoms with Gasteiger partial charge in [0.1, 0.15) is 5.82 Å². The van der Waals surface area contributed by atoms with Gasteiger partial charge in [-0.05, 0) is 35.7 Å². The molecule has 0 spiro atoms. The van der Waals surface area contributed by atoms with Gasteiger partial charge in [0.15, 0.2) is 0 Å². The highest BCUT2D eigenvalue weighted by Gasteiger charge is 2.22. The first-order valence-electron chi connectivity index (χ1n) is 8.82. The topological polar surface area (TPSA) is 62.5 Å². The van der Waals surface area contributed by atoms with Gasteiger partial charge < -0.3 is 14.3 Å². The second-order valence-corrected chi connectivity index (χ2v) is 7.15. The van der Waals surface area contributed by atoms with Gasteiger partial charge in [-0.2, -0.15) is 16.3 Å². The molecule has 140 valence electrons. The number of carbonyl (C=O) groups excluding carboxylic acids is 1. The summed E-state index contributed by atoms with van der Waals surface area (Å²) in [6, 6.07) is 8.40. The third-order valence-corrected chi connectivity index (χ3v) is 5.31. The van der Waals surface area contributed by atoms with Crippen molar-refractivity contribution in [1.29, 1.82) is 0 Å². The van der Waals surface area contributed by atoms with Gasteiger partial charge in [-0.3, -0.25) is 4.79 Å². The van der Waals surface area contributed by atoms with E-state index in [2.05, 4.69) is 15.0 Å². The molecule has 6 nitrogen and oxygen atoms in total. The third-order valence-electron chi connectivity index (χ3n) is 4.62. The zero-order valence-electron chi connectivity index (χ0n) is 14.7. The number of nitrogens with zero attached hydrogens (tertiary/aromatic N) is 4. The normalized spacial score (nSPS) is 14.6. The number of piperazine rings is 1. The largest absolute Gasteiger partial charge is 0.368 e. The molecule has 0 bridgehead atoms. The summed E-state index contributed by atoms with van der Waals surface area (Å²) in [4.78, 5) is 20.8. The number of amides is 1. The van der Waals surface area contributed by atoms with Crippen molar-refractivity contribution in [2.45, 2.75) is 12.8 Å². The minimum absolute atomic E-state index is 0.0871. The van der Waals surface area contributed by atoms with Gasteiger partial charge >= 0.3 is 0 Å². The number of hydrogen-bond acceptors (Lipinski definition) is 6. The molecule has 27 heavy (non-hydrogen) atoms. The average Bonchev–Trinajstić information content (AvgIpc) is 3.38. The highest BCUT2D eigenvalue weighted by molar-refractivity contribution is 7.08. The Balaban J connectivity index is 1.27. The standard InChI is InChI=1S/C19H19FN4O2S/c20-15-1-3-16(4-2-15)23-8-10-24(11-9-23)18(25)6-5-17-21-19(22-26-17)14-7-12-27-13-14/h1-4,7,12-13H,5-6,8-11H2. The van der Waals surface area contributed by atoms with Crippen LogP contribution >= 0.6 is 11.3 Å². The van der Waals surface area contributed by atoms with Crippen molar-refractivity contribution in [3.05, 3.63) is 52.8 Å². The van der Waals surface area contributed by atoms with Crippen molar-refractivity contribution >= 4 is 22.9 Å². The molecule has 0 atom stereocenters. The summed E-state index contributed by atoms with van der Waals surface area (Å²) in [6.45, 7) is 2.78. The first kappa shape index (κ1) is 17.7. The van der Waals surface area contributed by atoms with Crippen LogP contribution in [0.25, 0.3) is 11.4 Å². The van der Waals surface area contributed by atoms with Gasteiger partial charge in [-0.25, -0.2) is 4.39 Å². The lowest BCUT2D eigenvalue weighted by atomic mass is 10.2. The monoisotopic (exact) mass is 386 g/mol. The van der Waals surface area contributed by atoms with E-state index < -0.39 is 0 Å². The number of aryl methyl sites for hydroxylation is 1. The van der Waals surface area contributed by atoms with Crippen LogP contribution in [0.3, 0.4) is 0 Å². The van der Waals surface area contributed by atoms with Crippen LogP contribution in [0.15, 0.2) is 45.6 Å². The van der Waals surface area contributed by atoms with Crippen molar-refractivity contribution < 1.29 is 13.7 Å². The number of hydrogen-bond donors (Lipinski definition) is 0. The zero-order valence-corrected chi connectivity index (χ0v) is 15.5. The Bertz CT molecular complexity index is 887. The predicted molar refractivity (Wildman–Crippen MR) is 101 cm³/mol. The van der Waals surface area contributed by atoms with E-state index in [0.717, 1.165) is 24.3 Å². The quantitative estimate of drug-likeness (QED) is 0.674. The summed E-state index contributed by atoms with van der Waals surface area (Å²) in [7, 11) is 0. The molecule has 1 saturated heterocycles. The van der Waals surface area contributed by atoms with Crippen LogP contribution in [-0.4, -0.2) is 47.1 Å². The highest BCUT2D eigenvalue weighted by Crippen LogP contribution is 2.20. The smallest absolute Gasteiger partial charge is 0.227 e. The molecule has 4 rings (SSSR count). The Morgan fingerprint density at radius 2 is 1.93 bits per heavy atom. The van der Waals surface area contributed by atoms with Crippen molar-refractivity contribution in [3.8, 4) is 11.4 Å². The van der Waals surface area contributed by atoms with Crippen molar-refractivity contribution in [2.75, 3.05) is 31.1 Å². The second kappa shape index (κ2) is 7.87. The Hall–Kier alpha value is -2.74. The SMILES string of the molecule is O=C(CCc1nc(-c2ccsc2)no1)N1CCN(c2ccc(F)cc2)CC1. The third kappa shape index (κ3) is 4.16. The number of benzene rings is 1. The van der Waals surface area contributed by atoms with E-state index in [9.17, 15) is 9.18 Å². The molecule has 8 heteroatoms. The Labute approximate surface area is 160 Å². The van der Waals surface area contributed by atoms with Gasteiger partial charge in [-0.15, -0.1) is 0 Å².